The molecule has 1 spiro atoms. The molecule has 45 heavy (non-hydrogen) atoms. The Morgan fingerprint density at radius 3 is 2.38 bits per heavy atom. The van der Waals surface area contributed by atoms with Crippen LogP contribution in [-0.2, 0) is 22.6 Å². The molecule has 8 rings (SSSR count). The van der Waals surface area contributed by atoms with E-state index in [0.717, 1.165) is 11.1 Å². The number of nitrogens with zero attached hydrogens (tertiary/aromatic N) is 4. The van der Waals surface area contributed by atoms with Gasteiger partial charge in [0.25, 0.3) is 11.8 Å². The molecule has 2 amide bonds. The van der Waals surface area contributed by atoms with Crippen LogP contribution in [0, 0.1) is 0 Å². The number of hydrogen-bond donors (Lipinski definition) is 0. The van der Waals surface area contributed by atoms with E-state index in [-0.39, 0.29) is 34.0 Å². The van der Waals surface area contributed by atoms with Crippen LogP contribution in [0.15, 0.2) is 117 Å². The maximum atomic E-state index is 15.0. The van der Waals surface area contributed by atoms with E-state index in [1.54, 1.807) is 53.4 Å². The largest absolute Gasteiger partial charge is 0.450 e. The molecular weight excluding hydrogens is 628 g/mol. The lowest BCUT2D eigenvalue weighted by atomic mass is 9.84. The number of anilines is 2. The Hall–Kier alpha value is -4.77. The summed E-state index contributed by atoms with van der Waals surface area (Å²) in [6.45, 7) is 0.194. The molecule has 0 radical (unpaired) electrons. The molecule has 0 bridgehead atoms. The lowest BCUT2D eigenvalue weighted by molar-refractivity contribution is -0.121. The van der Waals surface area contributed by atoms with Crippen LogP contribution in [-0.4, -0.2) is 22.0 Å². The number of para-hydroxylation sites is 2. The standard InChI is InChI=1S/C34H21ClN4O4S2/c35-22-16-14-20(15-17-22)18-38-25-12-6-5-11-24(25)34(31(38)42)27-28(40)23-10-4-7-13-26(23)43-29(27)30(41)39(34)32-36-37-33(45-32)44-19-21-8-2-1-3-9-21/h1-17H,18-19H2. The van der Waals surface area contributed by atoms with E-state index < -0.39 is 22.8 Å². The lowest BCUT2D eigenvalue weighted by Crippen LogP contribution is -2.53. The molecule has 4 heterocycles. The van der Waals surface area contributed by atoms with Gasteiger partial charge in [-0.15, -0.1) is 10.2 Å². The van der Waals surface area contributed by atoms with E-state index in [2.05, 4.69) is 10.2 Å². The van der Waals surface area contributed by atoms with Crippen molar-refractivity contribution >= 4 is 68.3 Å². The molecule has 11 heteroatoms. The number of hydrogen-bond acceptors (Lipinski definition) is 8. The highest BCUT2D eigenvalue weighted by Gasteiger charge is 2.66. The first-order chi connectivity index (χ1) is 22.0. The maximum Gasteiger partial charge on any atom is 0.297 e. The van der Waals surface area contributed by atoms with Crippen LogP contribution in [0.3, 0.4) is 0 Å². The minimum atomic E-state index is -1.85. The quantitative estimate of drug-likeness (QED) is 0.141. The Morgan fingerprint density at radius 1 is 0.822 bits per heavy atom. The molecule has 6 aromatic rings. The van der Waals surface area contributed by atoms with Gasteiger partial charge in [-0.3, -0.25) is 19.3 Å². The number of fused-ring (bicyclic) bond motifs is 5. The van der Waals surface area contributed by atoms with Gasteiger partial charge >= 0.3 is 0 Å². The molecule has 2 aliphatic heterocycles. The van der Waals surface area contributed by atoms with Gasteiger partial charge in [0, 0.05) is 16.3 Å². The van der Waals surface area contributed by atoms with Crippen molar-refractivity contribution in [3.63, 3.8) is 0 Å². The van der Waals surface area contributed by atoms with Gasteiger partial charge in [-0.2, -0.15) is 0 Å². The number of benzene rings is 4. The number of carbonyl (C=O) groups excluding carboxylic acids is 2. The van der Waals surface area contributed by atoms with E-state index in [9.17, 15) is 9.59 Å². The Balaban J connectivity index is 1.32. The van der Waals surface area contributed by atoms with Crippen LogP contribution in [0.4, 0.5) is 10.8 Å². The summed E-state index contributed by atoms with van der Waals surface area (Å²) in [6, 6.07) is 31.1. The Morgan fingerprint density at radius 2 is 1.56 bits per heavy atom. The van der Waals surface area contributed by atoms with Crippen molar-refractivity contribution in [2.75, 3.05) is 9.80 Å². The van der Waals surface area contributed by atoms with Gasteiger partial charge < -0.3 is 9.32 Å². The monoisotopic (exact) mass is 648 g/mol. The molecular formula is C34H21ClN4O4S2. The Kier molecular flexibility index (Phi) is 6.59. The normalized spacial score (nSPS) is 17.0. The molecule has 2 aliphatic rings. The second kappa shape index (κ2) is 10.7. The predicted molar refractivity (Wildman–Crippen MR) is 175 cm³/mol. The molecule has 1 unspecified atom stereocenters. The SMILES string of the molecule is O=C1c2oc3ccccc3c(=O)c2C2(C(=O)N(Cc3ccc(Cl)cc3)c3ccccc32)N1c1nnc(SCc2ccccc2)s1. The van der Waals surface area contributed by atoms with Gasteiger partial charge in [0.05, 0.1) is 23.2 Å². The molecule has 1 atom stereocenters. The number of rotatable bonds is 6. The maximum absolute atomic E-state index is 15.0. The van der Waals surface area contributed by atoms with Crippen molar-refractivity contribution in [3.8, 4) is 0 Å². The van der Waals surface area contributed by atoms with E-state index in [1.165, 1.54) is 28.0 Å². The van der Waals surface area contributed by atoms with Crippen molar-refractivity contribution in [3.05, 3.63) is 146 Å². The van der Waals surface area contributed by atoms with Gasteiger partial charge in [0.1, 0.15) is 5.58 Å². The van der Waals surface area contributed by atoms with Crippen molar-refractivity contribution < 1.29 is 14.0 Å². The van der Waals surface area contributed by atoms with Gasteiger partial charge in [0.15, 0.2) is 15.3 Å². The van der Waals surface area contributed by atoms with Gasteiger partial charge in [0.2, 0.25) is 10.9 Å². The highest BCUT2D eigenvalue weighted by atomic mass is 35.5. The van der Waals surface area contributed by atoms with E-state index >= 15 is 4.79 Å². The minimum absolute atomic E-state index is 0.0176. The zero-order chi connectivity index (χ0) is 30.7. The van der Waals surface area contributed by atoms with Crippen molar-refractivity contribution in [1.29, 1.82) is 0 Å². The molecule has 2 aromatic heterocycles. The van der Waals surface area contributed by atoms with Crippen LogP contribution < -0.4 is 15.2 Å². The molecule has 8 nitrogen and oxygen atoms in total. The smallest absolute Gasteiger partial charge is 0.297 e. The van der Waals surface area contributed by atoms with Gasteiger partial charge in [-0.25, -0.2) is 0 Å². The fourth-order valence-electron chi connectivity index (χ4n) is 6.11. The third kappa shape index (κ3) is 4.24. The third-order valence-corrected chi connectivity index (χ3v) is 10.4. The zero-order valence-corrected chi connectivity index (χ0v) is 25.7. The van der Waals surface area contributed by atoms with Gasteiger partial charge in [-0.1, -0.05) is 107 Å². The van der Waals surface area contributed by atoms with Gasteiger partial charge in [-0.05, 0) is 41.5 Å². The Labute approximate surface area is 269 Å². The zero-order valence-electron chi connectivity index (χ0n) is 23.3. The summed E-state index contributed by atoms with van der Waals surface area (Å²) in [5.41, 5.74) is 0.974. The molecule has 4 aromatic carbocycles. The summed E-state index contributed by atoms with van der Waals surface area (Å²) in [5, 5.41) is 9.84. The summed E-state index contributed by atoms with van der Waals surface area (Å²) in [4.78, 5) is 46.8. The fourth-order valence-corrected chi connectivity index (χ4v) is 8.08. The fraction of sp³-hybridized carbons (Fsp3) is 0.0882. The van der Waals surface area contributed by atoms with Crippen LogP contribution in [0.5, 0.6) is 0 Å². The highest BCUT2D eigenvalue weighted by molar-refractivity contribution is 8.00. The summed E-state index contributed by atoms with van der Waals surface area (Å²) in [5.74, 6) is -0.609. The average molecular weight is 649 g/mol. The molecule has 0 N–H and O–H groups in total. The third-order valence-electron chi connectivity index (χ3n) is 8.08. The van der Waals surface area contributed by atoms with Crippen LogP contribution >= 0.6 is 34.7 Å². The average Bonchev–Trinajstić information content (AvgIpc) is 3.71. The summed E-state index contributed by atoms with van der Waals surface area (Å²) < 4.78 is 6.77. The topological polar surface area (TPSA) is 96.6 Å². The second-order valence-electron chi connectivity index (χ2n) is 10.6. The van der Waals surface area contributed by atoms with E-state index in [4.69, 9.17) is 16.0 Å². The van der Waals surface area contributed by atoms with Crippen LogP contribution in [0.1, 0.15) is 32.8 Å². The first-order valence-electron chi connectivity index (χ1n) is 14.0. The molecule has 0 aliphatic carbocycles. The highest BCUT2D eigenvalue weighted by Crippen LogP contribution is 2.55. The summed E-state index contributed by atoms with van der Waals surface area (Å²) >= 11 is 8.81. The first kappa shape index (κ1) is 27.8. The van der Waals surface area contributed by atoms with Crippen LogP contribution in [0.2, 0.25) is 5.02 Å². The number of carbonyl (C=O) groups is 2. The lowest BCUT2D eigenvalue weighted by Gasteiger charge is -2.32. The van der Waals surface area contributed by atoms with Crippen molar-refractivity contribution in [2.24, 2.45) is 0 Å². The molecule has 0 saturated carbocycles. The summed E-state index contributed by atoms with van der Waals surface area (Å²) in [6.07, 6.45) is 0. The second-order valence-corrected chi connectivity index (χ2v) is 13.3. The van der Waals surface area contributed by atoms with E-state index in [1.807, 2.05) is 54.6 Å². The van der Waals surface area contributed by atoms with Crippen molar-refractivity contribution in [2.45, 2.75) is 22.2 Å². The van der Waals surface area contributed by atoms with Crippen LogP contribution in [0.25, 0.3) is 11.0 Å². The molecule has 0 saturated heterocycles. The number of thioether (sulfide) groups is 1. The summed E-state index contributed by atoms with van der Waals surface area (Å²) in [7, 11) is 0. The minimum Gasteiger partial charge on any atom is -0.450 e. The van der Waals surface area contributed by atoms with Crippen molar-refractivity contribution in [1.82, 2.24) is 10.2 Å². The number of amides is 2. The number of aromatic nitrogens is 2. The Bertz CT molecular complexity index is 2200. The van der Waals surface area contributed by atoms with E-state index in [0.29, 0.717) is 26.4 Å². The molecule has 220 valence electrons. The number of halogens is 1. The first-order valence-corrected chi connectivity index (χ1v) is 16.2. The molecule has 0 fully saturated rings. The predicted octanol–water partition coefficient (Wildman–Crippen LogP) is 7.04.